The molecule has 144 valence electrons. The molecule has 0 unspecified atom stereocenters. The van der Waals surface area contributed by atoms with Gasteiger partial charge in [-0.15, -0.1) is 11.8 Å². The van der Waals surface area contributed by atoms with Gasteiger partial charge in [0.15, 0.2) is 0 Å². The third kappa shape index (κ3) is 4.29. The van der Waals surface area contributed by atoms with Crippen LogP contribution in [0.3, 0.4) is 0 Å². The molecule has 27 heavy (non-hydrogen) atoms. The van der Waals surface area contributed by atoms with E-state index in [9.17, 15) is 9.59 Å². The number of carbonyl (C=O) groups excluding carboxylic acids is 2. The molecule has 1 saturated heterocycles. The first-order valence-electron chi connectivity index (χ1n) is 9.48. The van der Waals surface area contributed by atoms with Gasteiger partial charge in [-0.1, -0.05) is 58.0 Å². The molecule has 4 nitrogen and oxygen atoms in total. The fourth-order valence-corrected chi connectivity index (χ4v) is 4.76. The molecule has 2 aromatic rings. The first-order valence-corrected chi connectivity index (χ1v) is 10.5. The van der Waals surface area contributed by atoms with E-state index in [0.29, 0.717) is 17.9 Å². The topological polar surface area (TPSA) is 46.6 Å². The van der Waals surface area contributed by atoms with Crippen LogP contribution in [0.25, 0.3) is 10.8 Å². The average molecular weight is 386 g/mol. The minimum atomic E-state index is -0.528. The molecule has 0 radical (unpaired) electrons. The Morgan fingerprint density at radius 1 is 1.11 bits per heavy atom. The first kappa shape index (κ1) is 19.7. The number of ether oxygens (including phenoxy) is 1. The number of nitrogens with zero attached hydrogens (tertiary/aromatic N) is 1. The molecule has 2 atom stereocenters. The van der Waals surface area contributed by atoms with E-state index in [2.05, 4.69) is 13.8 Å². The molecule has 3 rings (SSSR count). The average Bonchev–Trinajstić information content (AvgIpc) is 3.10. The second kappa shape index (κ2) is 8.34. The predicted molar refractivity (Wildman–Crippen MR) is 111 cm³/mol. The Balaban J connectivity index is 1.89. The van der Waals surface area contributed by atoms with Crippen LogP contribution in [0, 0.1) is 11.8 Å². The van der Waals surface area contributed by atoms with Crippen molar-refractivity contribution in [2.45, 2.75) is 39.1 Å². The zero-order chi connectivity index (χ0) is 19.6. The quantitative estimate of drug-likeness (QED) is 0.707. The van der Waals surface area contributed by atoms with Crippen LogP contribution < -0.4 is 0 Å². The summed E-state index contributed by atoms with van der Waals surface area (Å²) in [6.45, 7) is 8.56. The fraction of sp³-hybridized carbons (Fsp3) is 0.455. The third-order valence-electron chi connectivity index (χ3n) is 4.67. The molecule has 0 aliphatic carbocycles. The second-order valence-corrected chi connectivity index (χ2v) is 8.93. The van der Waals surface area contributed by atoms with Crippen molar-refractivity contribution in [1.82, 2.24) is 4.90 Å². The lowest BCUT2D eigenvalue weighted by Gasteiger charge is -2.30. The number of esters is 1. The Morgan fingerprint density at radius 2 is 1.81 bits per heavy atom. The van der Waals surface area contributed by atoms with Crippen molar-refractivity contribution >= 4 is 34.4 Å². The second-order valence-electron chi connectivity index (χ2n) is 7.78. The molecule has 1 amide bonds. The van der Waals surface area contributed by atoms with Gasteiger partial charge in [0.1, 0.15) is 6.04 Å². The van der Waals surface area contributed by atoms with E-state index in [0.717, 1.165) is 10.8 Å². The zero-order valence-electron chi connectivity index (χ0n) is 16.3. The number of amides is 1. The number of thioether (sulfide) groups is 1. The third-order valence-corrected chi connectivity index (χ3v) is 6.29. The maximum absolute atomic E-state index is 13.4. The standard InChI is InChI=1S/C22H27NO3S/c1-14(2)12-26-22(25)19-13-27-21(15(3)4)23(19)20(24)18-10-9-16-7-5-6-8-17(16)11-18/h5-11,14-15,19,21H,12-13H2,1-4H3/t19-,21+/m0/s1. The lowest BCUT2D eigenvalue weighted by Crippen LogP contribution is -2.48. The van der Waals surface area contributed by atoms with Crippen molar-refractivity contribution < 1.29 is 14.3 Å². The predicted octanol–water partition coefficient (Wildman–Crippen LogP) is 4.58. The SMILES string of the molecule is CC(C)COC(=O)[C@@H]1CS[C@H](C(C)C)N1C(=O)c1ccc2ccccc2c1. The summed E-state index contributed by atoms with van der Waals surface area (Å²) in [4.78, 5) is 27.7. The van der Waals surface area contributed by atoms with Gasteiger partial charge < -0.3 is 9.64 Å². The Hall–Kier alpha value is -2.01. The van der Waals surface area contributed by atoms with Crippen LogP contribution in [-0.2, 0) is 9.53 Å². The van der Waals surface area contributed by atoms with Crippen LogP contribution in [0.15, 0.2) is 42.5 Å². The van der Waals surface area contributed by atoms with Gasteiger partial charge in [0.05, 0.1) is 12.0 Å². The molecule has 0 aromatic heterocycles. The van der Waals surface area contributed by atoms with Gasteiger partial charge in [-0.05, 0) is 34.7 Å². The molecular weight excluding hydrogens is 358 g/mol. The lowest BCUT2D eigenvalue weighted by atomic mass is 10.0. The highest BCUT2D eigenvalue weighted by atomic mass is 32.2. The highest BCUT2D eigenvalue weighted by Crippen LogP contribution is 2.36. The minimum absolute atomic E-state index is 0.0272. The number of hydrogen-bond donors (Lipinski definition) is 0. The van der Waals surface area contributed by atoms with Crippen LogP contribution in [0.5, 0.6) is 0 Å². The molecule has 1 heterocycles. The van der Waals surface area contributed by atoms with Gasteiger partial charge in [-0.3, -0.25) is 4.79 Å². The number of fused-ring (bicyclic) bond motifs is 1. The number of rotatable bonds is 5. The van der Waals surface area contributed by atoms with Crippen molar-refractivity contribution in [3.8, 4) is 0 Å². The van der Waals surface area contributed by atoms with Gasteiger partial charge in [-0.2, -0.15) is 0 Å². The van der Waals surface area contributed by atoms with Crippen LogP contribution in [0.2, 0.25) is 0 Å². The molecule has 0 spiro atoms. The highest BCUT2D eigenvalue weighted by molar-refractivity contribution is 8.00. The fourth-order valence-electron chi connectivity index (χ4n) is 3.30. The van der Waals surface area contributed by atoms with E-state index in [1.807, 2.05) is 56.3 Å². The number of carbonyl (C=O) groups is 2. The van der Waals surface area contributed by atoms with E-state index >= 15 is 0 Å². The van der Waals surface area contributed by atoms with Crippen LogP contribution in [-0.4, -0.2) is 40.6 Å². The summed E-state index contributed by atoms with van der Waals surface area (Å²) < 4.78 is 5.46. The van der Waals surface area contributed by atoms with Gasteiger partial charge in [0.2, 0.25) is 0 Å². The summed E-state index contributed by atoms with van der Waals surface area (Å²) in [5, 5.41) is 2.09. The molecular formula is C22H27NO3S. The van der Waals surface area contributed by atoms with Crippen molar-refractivity contribution in [3.63, 3.8) is 0 Å². The lowest BCUT2D eigenvalue weighted by molar-refractivity contribution is -0.149. The van der Waals surface area contributed by atoms with Crippen molar-refractivity contribution in [1.29, 1.82) is 0 Å². The molecule has 0 saturated carbocycles. The maximum atomic E-state index is 13.4. The summed E-state index contributed by atoms with van der Waals surface area (Å²) >= 11 is 1.66. The summed E-state index contributed by atoms with van der Waals surface area (Å²) in [5.74, 6) is 0.708. The summed E-state index contributed by atoms with van der Waals surface area (Å²) in [5.41, 5.74) is 0.614. The van der Waals surface area contributed by atoms with Gasteiger partial charge in [-0.25, -0.2) is 4.79 Å². The van der Waals surface area contributed by atoms with E-state index in [-0.39, 0.29) is 29.1 Å². The van der Waals surface area contributed by atoms with Crippen LogP contribution in [0.4, 0.5) is 0 Å². The normalized spacial score (nSPS) is 19.9. The van der Waals surface area contributed by atoms with Gasteiger partial charge in [0, 0.05) is 11.3 Å². The monoisotopic (exact) mass is 385 g/mol. The highest BCUT2D eigenvalue weighted by Gasteiger charge is 2.43. The zero-order valence-corrected chi connectivity index (χ0v) is 17.2. The summed E-state index contributed by atoms with van der Waals surface area (Å²) in [7, 11) is 0. The van der Waals surface area contributed by atoms with Crippen LogP contribution >= 0.6 is 11.8 Å². The Morgan fingerprint density at radius 3 is 2.48 bits per heavy atom. The Bertz CT molecular complexity index is 833. The van der Waals surface area contributed by atoms with E-state index < -0.39 is 6.04 Å². The van der Waals surface area contributed by atoms with Crippen molar-refractivity contribution in [3.05, 3.63) is 48.0 Å². The van der Waals surface area contributed by atoms with Gasteiger partial charge in [0.25, 0.3) is 5.91 Å². The molecule has 0 bridgehead atoms. The summed E-state index contributed by atoms with van der Waals surface area (Å²) in [6, 6.07) is 13.2. The molecule has 5 heteroatoms. The first-order chi connectivity index (χ1) is 12.9. The molecule has 1 aliphatic rings. The largest absolute Gasteiger partial charge is 0.464 e. The maximum Gasteiger partial charge on any atom is 0.329 e. The van der Waals surface area contributed by atoms with E-state index in [4.69, 9.17) is 4.74 Å². The Labute approximate surface area is 165 Å². The van der Waals surface area contributed by atoms with Crippen molar-refractivity contribution in [2.24, 2.45) is 11.8 Å². The molecule has 0 N–H and O–H groups in total. The van der Waals surface area contributed by atoms with Gasteiger partial charge >= 0.3 is 5.97 Å². The van der Waals surface area contributed by atoms with Crippen LogP contribution in [0.1, 0.15) is 38.1 Å². The summed E-state index contributed by atoms with van der Waals surface area (Å²) in [6.07, 6.45) is 0. The smallest absolute Gasteiger partial charge is 0.329 e. The minimum Gasteiger partial charge on any atom is -0.464 e. The molecule has 1 fully saturated rings. The van der Waals surface area contributed by atoms with E-state index in [1.54, 1.807) is 16.7 Å². The molecule has 2 aromatic carbocycles. The molecule has 1 aliphatic heterocycles. The van der Waals surface area contributed by atoms with E-state index in [1.165, 1.54) is 0 Å². The van der Waals surface area contributed by atoms with Crippen molar-refractivity contribution in [2.75, 3.05) is 12.4 Å². The Kier molecular flexibility index (Phi) is 6.10. The number of benzene rings is 2. The number of hydrogen-bond acceptors (Lipinski definition) is 4.